The normalized spacial score (nSPS) is 12.1. The minimum Gasteiger partial charge on any atom is -0.480 e. The van der Waals surface area contributed by atoms with Crippen molar-refractivity contribution in [3.63, 3.8) is 0 Å². The van der Waals surface area contributed by atoms with Crippen LogP contribution in [0.25, 0.3) is 0 Å². The average Bonchev–Trinajstić information content (AvgIpc) is 2.16. The first-order valence-corrected chi connectivity index (χ1v) is 4.84. The molecule has 1 unspecified atom stereocenters. The monoisotopic (exact) mass is 273 g/mol. The number of carbonyl (C=O) groups is 2. The van der Waals surface area contributed by atoms with Crippen LogP contribution >= 0.6 is 15.9 Å². The molecule has 0 aliphatic carbocycles. The third kappa shape index (κ3) is 2.47. The molecule has 0 amide bonds. The van der Waals surface area contributed by atoms with E-state index >= 15 is 0 Å². The van der Waals surface area contributed by atoms with Crippen LogP contribution in [0.1, 0.15) is 20.7 Å². The Morgan fingerprint density at radius 1 is 1.33 bits per heavy atom. The summed E-state index contributed by atoms with van der Waals surface area (Å²) in [4.78, 5) is 20.4. The third-order valence-electron chi connectivity index (χ3n) is 1.82. The lowest BCUT2D eigenvalue weighted by atomic mass is 10.1. The van der Waals surface area contributed by atoms with Crippen molar-refractivity contribution in [2.45, 2.75) is 4.83 Å². The molecule has 0 fully saturated rings. The molecule has 1 rings (SSSR count). The Kier molecular flexibility index (Phi) is 3.31. The molecule has 0 saturated carbocycles. The van der Waals surface area contributed by atoms with Gasteiger partial charge in [0.15, 0.2) is 0 Å². The van der Waals surface area contributed by atoms with Gasteiger partial charge in [-0.3, -0.25) is 4.79 Å². The fourth-order valence-corrected chi connectivity index (χ4v) is 1.34. The molecule has 0 saturated heterocycles. The van der Waals surface area contributed by atoms with Crippen LogP contribution in [0.15, 0.2) is 18.2 Å². The zero-order chi connectivity index (χ0) is 11.6. The van der Waals surface area contributed by atoms with Gasteiger partial charge in [-0.1, -0.05) is 22.0 Å². The summed E-state index contributed by atoms with van der Waals surface area (Å²) in [6, 6.07) is 4.08. The van der Waals surface area contributed by atoms with Crippen LogP contribution in [0.4, 0.5) is 5.69 Å². The lowest BCUT2D eigenvalue weighted by molar-refractivity contribution is -0.136. The number of hydrogen-bond donors (Lipinski definition) is 3. The van der Waals surface area contributed by atoms with Crippen LogP contribution in [0.5, 0.6) is 0 Å². The number of anilines is 1. The summed E-state index contributed by atoms with van der Waals surface area (Å²) in [5.41, 5.74) is 5.77. The second kappa shape index (κ2) is 4.31. The van der Waals surface area contributed by atoms with E-state index < -0.39 is 16.8 Å². The number of nitrogens with two attached hydrogens (primary N) is 1. The number of hydrogen-bond acceptors (Lipinski definition) is 3. The molecule has 15 heavy (non-hydrogen) atoms. The number of nitrogen functional groups attached to an aromatic ring is 1. The first-order chi connectivity index (χ1) is 6.93. The topological polar surface area (TPSA) is 101 Å². The smallest absolute Gasteiger partial charge is 0.337 e. The van der Waals surface area contributed by atoms with Gasteiger partial charge in [-0.25, -0.2) is 4.79 Å². The molecular formula is C9H8BrNO4. The summed E-state index contributed by atoms with van der Waals surface area (Å²) in [5.74, 6) is -2.27. The van der Waals surface area contributed by atoms with Gasteiger partial charge in [-0.15, -0.1) is 0 Å². The van der Waals surface area contributed by atoms with Crippen molar-refractivity contribution in [1.29, 1.82) is 0 Å². The van der Waals surface area contributed by atoms with Crippen molar-refractivity contribution in [1.82, 2.24) is 0 Å². The number of aliphatic carboxylic acids is 1. The van der Waals surface area contributed by atoms with Crippen molar-refractivity contribution in [2.24, 2.45) is 0 Å². The van der Waals surface area contributed by atoms with E-state index in [4.69, 9.17) is 15.9 Å². The predicted octanol–water partition coefficient (Wildman–Crippen LogP) is 1.49. The van der Waals surface area contributed by atoms with Crippen molar-refractivity contribution in [3.8, 4) is 0 Å². The highest BCUT2D eigenvalue weighted by Gasteiger charge is 2.18. The molecule has 0 aliphatic rings. The quantitative estimate of drug-likeness (QED) is 0.572. The molecular weight excluding hydrogens is 266 g/mol. The summed E-state index contributed by atoms with van der Waals surface area (Å²) in [6.45, 7) is 0. The first kappa shape index (κ1) is 11.5. The maximum absolute atomic E-state index is 10.7. The summed E-state index contributed by atoms with van der Waals surface area (Å²) in [5, 5.41) is 17.5. The molecule has 1 atom stereocenters. The molecule has 0 spiro atoms. The average molecular weight is 274 g/mol. The van der Waals surface area contributed by atoms with Crippen LogP contribution in [0, 0.1) is 0 Å². The molecule has 6 heteroatoms. The molecule has 0 radical (unpaired) electrons. The summed E-state index contributed by atoms with van der Waals surface area (Å²) < 4.78 is 0. The SMILES string of the molecule is Nc1ccc(C(Br)C(=O)O)cc1C(=O)O. The van der Waals surface area contributed by atoms with Gasteiger partial charge in [0.1, 0.15) is 4.83 Å². The summed E-state index contributed by atoms with van der Waals surface area (Å²) in [7, 11) is 0. The van der Waals surface area contributed by atoms with Crippen molar-refractivity contribution in [3.05, 3.63) is 29.3 Å². The van der Waals surface area contributed by atoms with Gasteiger partial charge in [0.2, 0.25) is 0 Å². The maximum Gasteiger partial charge on any atom is 0.337 e. The zero-order valence-electron chi connectivity index (χ0n) is 7.48. The summed E-state index contributed by atoms with van der Waals surface area (Å²) >= 11 is 2.92. The molecule has 0 bridgehead atoms. The number of rotatable bonds is 3. The second-order valence-corrected chi connectivity index (χ2v) is 3.77. The number of carboxylic acids is 2. The van der Waals surface area contributed by atoms with E-state index in [9.17, 15) is 9.59 Å². The van der Waals surface area contributed by atoms with Gasteiger partial charge in [-0.05, 0) is 17.7 Å². The van der Waals surface area contributed by atoms with Crippen molar-refractivity contribution < 1.29 is 19.8 Å². The number of alkyl halides is 1. The van der Waals surface area contributed by atoms with E-state index in [-0.39, 0.29) is 11.3 Å². The number of benzene rings is 1. The molecule has 5 nitrogen and oxygen atoms in total. The largest absolute Gasteiger partial charge is 0.480 e. The Hall–Kier alpha value is -1.56. The molecule has 1 aromatic rings. The predicted molar refractivity (Wildman–Crippen MR) is 57.1 cm³/mol. The van der Waals surface area contributed by atoms with E-state index in [1.165, 1.54) is 18.2 Å². The Morgan fingerprint density at radius 3 is 2.40 bits per heavy atom. The second-order valence-electron chi connectivity index (χ2n) is 2.85. The van der Waals surface area contributed by atoms with Gasteiger partial charge in [-0.2, -0.15) is 0 Å². The fraction of sp³-hybridized carbons (Fsp3) is 0.111. The Labute approximate surface area is 93.6 Å². The molecule has 0 aliphatic heterocycles. The number of aromatic carboxylic acids is 1. The number of carboxylic acid groups (broad SMARTS) is 2. The van der Waals surface area contributed by atoms with Crippen LogP contribution in [0.3, 0.4) is 0 Å². The molecule has 80 valence electrons. The molecule has 0 heterocycles. The van der Waals surface area contributed by atoms with Crippen LogP contribution in [-0.2, 0) is 4.79 Å². The van der Waals surface area contributed by atoms with Crippen molar-refractivity contribution in [2.75, 3.05) is 5.73 Å². The van der Waals surface area contributed by atoms with E-state index in [1.54, 1.807) is 0 Å². The van der Waals surface area contributed by atoms with Gasteiger partial charge in [0, 0.05) is 5.69 Å². The Bertz CT molecular complexity index is 419. The standard InChI is InChI=1S/C9H8BrNO4/c10-7(9(14)15)4-1-2-6(11)5(3-4)8(12)13/h1-3,7H,11H2,(H,12,13)(H,14,15). The Morgan fingerprint density at radius 2 is 1.93 bits per heavy atom. The van der Waals surface area contributed by atoms with Gasteiger partial charge >= 0.3 is 11.9 Å². The van der Waals surface area contributed by atoms with Crippen molar-refractivity contribution >= 4 is 33.6 Å². The Balaban J connectivity index is 3.18. The first-order valence-electron chi connectivity index (χ1n) is 3.93. The maximum atomic E-state index is 10.7. The van der Waals surface area contributed by atoms with E-state index in [0.717, 1.165) is 0 Å². The molecule has 4 N–H and O–H groups in total. The summed E-state index contributed by atoms with van der Waals surface area (Å²) in [6.07, 6.45) is 0. The van der Waals surface area contributed by atoms with Crippen LogP contribution < -0.4 is 5.73 Å². The lowest BCUT2D eigenvalue weighted by Gasteiger charge is -2.07. The van der Waals surface area contributed by atoms with E-state index in [2.05, 4.69) is 15.9 Å². The molecule has 1 aromatic carbocycles. The highest BCUT2D eigenvalue weighted by atomic mass is 79.9. The minimum absolute atomic E-state index is 0.0989. The van der Waals surface area contributed by atoms with E-state index in [1.807, 2.05) is 0 Å². The van der Waals surface area contributed by atoms with Gasteiger partial charge < -0.3 is 15.9 Å². The number of halogens is 1. The van der Waals surface area contributed by atoms with Gasteiger partial charge in [0.25, 0.3) is 0 Å². The highest BCUT2D eigenvalue weighted by Crippen LogP contribution is 2.25. The van der Waals surface area contributed by atoms with Gasteiger partial charge in [0.05, 0.1) is 5.56 Å². The molecule has 0 aromatic heterocycles. The fourth-order valence-electron chi connectivity index (χ4n) is 1.06. The van der Waals surface area contributed by atoms with Crippen LogP contribution in [-0.4, -0.2) is 22.2 Å². The third-order valence-corrected chi connectivity index (χ3v) is 2.74. The van der Waals surface area contributed by atoms with Crippen LogP contribution in [0.2, 0.25) is 0 Å². The lowest BCUT2D eigenvalue weighted by Crippen LogP contribution is -2.08. The highest BCUT2D eigenvalue weighted by molar-refractivity contribution is 9.09. The zero-order valence-corrected chi connectivity index (χ0v) is 9.06. The van der Waals surface area contributed by atoms with E-state index in [0.29, 0.717) is 5.56 Å². The minimum atomic E-state index is -1.18.